The maximum Gasteiger partial charge on any atom is 0.0761 e. The van der Waals surface area contributed by atoms with Crippen molar-refractivity contribution in [3.8, 4) is 0 Å². The van der Waals surface area contributed by atoms with Gasteiger partial charge in [-0.3, -0.25) is 0 Å². The van der Waals surface area contributed by atoms with Crippen molar-refractivity contribution in [1.82, 2.24) is 4.90 Å². The largest absolute Gasteiger partial charge is 0.389 e. The molecular formula is C14H24N2O. The van der Waals surface area contributed by atoms with Gasteiger partial charge in [0.15, 0.2) is 0 Å². The molecule has 0 saturated carbocycles. The van der Waals surface area contributed by atoms with E-state index >= 15 is 0 Å². The van der Waals surface area contributed by atoms with Gasteiger partial charge in [-0.15, -0.1) is 0 Å². The second-order valence-corrected chi connectivity index (χ2v) is 4.85. The van der Waals surface area contributed by atoms with E-state index in [1.54, 1.807) is 6.92 Å². The van der Waals surface area contributed by atoms with E-state index < -0.39 is 0 Å². The molecule has 0 amide bonds. The number of aliphatic hydroxyl groups excluding tert-OH is 1. The summed E-state index contributed by atoms with van der Waals surface area (Å²) in [5, 5.41) is 9.44. The molecule has 0 spiro atoms. The number of rotatable bonds is 6. The second-order valence-electron chi connectivity index (χ2n) is 4.85. The molecule has 0 saturated heterocycles. The van der Waals surface area contributed by atoms with Crippen LogP contribution in [-0.2, 0) is 0 Å². The van der Waals surface area contributed by atoms with Crippen LogP contribution in [0.3, 0.4) is 0 Å². The van der Waals surface area contributed by atoms with Crippen molar-refractivity contribution in [2.75, 3.05) is 39.1 Å². The molecule has 0 bridgehead atoms. The molecule has 0 unspecified atom stereocenters. The molecule has 1 aromatic rings. The third-order valence-corrected chi connectivity index (χ3v) is 2.92. The van der Waals surface area contributed by atoms with E-state index in [-0.39, 0.29) is 6.10 Å². The Hall–Kier alpha value is -1.06. The third-order valence-electron chi connectivity index (χ3n) is 2.92. The van der Waals surface area contributed by atoms with Gasteiger partial charge >= 0.3 is 0 Å². The lowest BCUT2D eigenvalue weighted by Gasteiger charge is -2.21. The molecule has 0 aliphatic heterocycles. The lowest BCUT2D eigenvalue weighted by molar-refractivity contribution is 0.199. The Morgan fingerprint density at radius 3 is 2.12 bits per heavy atom. The number of hydrogen-bond acceptors (Lipinski definition) is 3. The Kier molecular flexibility index (Phi) is 5.45. The highest BCUT2D eigenvalue weighted by molar-refractivity contribution is 5.47. The molecule has 96 valence electrons. The molecule has 0 aliphatic carbocycles. The van der Waals surface area contributed by atoms with Crippen molar-refractivity contribution in [2.45, 2.75) is 19.4 Å². The summed E-state index contributed by atoms with van der Waals surface area (Å²) < 4.78 is 0. The van der Waals surface area contributed by atoms with Crippen molar-refractivity contribution in [3.63, 3.8) is 0 Å². The Bertz CT molecular complexity index is 319. The van der Waals surface area contributed by atoms with Gasteiger partial charge in [-0.1, -0.05) is 12.1 Å². The molecule has 0 fully saturated rings. The van der Waals surface area contributed by atoms with Gasteiger partial charge < -0.3 is 14.9 Å². The van der Waals surface area contributed by atoms with Gasteiger partial charge in [0.2, 0.25) is 0 Å². The van der Waals surface area contributed by atoms with E-state index in [9.17, 15) is 5.11 Å². The topological polar surface area (TPSA) is 26.7 Å². The summed E-state index contributed by atoms with van der Waals surface area (Å²) in [6.07, 6.45) is 0.768. The van der Waals surface area contributed by atoms with Gasteiger partial charge in [0.1, 0.15) is 0 Å². The van der Waals surface area contributed by atoms with Crippen LogP contribution >= 0.6 is 0 Å². The van der Waals surface area contributed by atoms with Gasteiger partial charge in [0.25, 0.3) is 0 Å². The predicted octanol–water partition coefficient (Wildman–Crippen LogP) is 2.13. The standard InChI is InChI=1S/C14H24N2O/c1-12(17)13-6-8-14(9-7-13)16(4)11-5-10-15(2)3/h6-9,12,17H,5,10-11H2,1-4H3/t12-/m1/s1. The zero-order valence-corrected chi connectivity index (χ0v) is 11.3. The summed E-state index contributed by atoms with van der Waals surface area (Å²) in [5.74, 6) is 0. The average Bonchev–Trinajstić information content (AvgIpc) is 2.28. The molecule has 3 nitrogen and oxygen atoms in total. The highest BCUT2D eigenvalue weighted by Gasteiger charge is 2.03. The maximum atomic E-state index is 9.44. The first-order valence-electron chi connectivity index (χ1n) is 6.14. The molecular weight excluding hydrogens is 212 g/mol. The van der Waals surface area contributed by atoms with Gasteiger partial charge in [-0.2, -0.15) is 0 Å². The Labute approximate surface area is 105 Å². The minimum Gasteiger partial charge on any atom is -0.389 e. The van der Waals surface area contributed by atoms with Crippen LogP contribution in [0, 0.1) is 0 Å². The molecule has 1 atom stereocenters. The molecule has 0 aromatic heterocycles. The Morgan fingerprint density at radius 2 is 1.65 bits per heavy atom. The van der Waals surface area contributed by atoms with Crippen LogP contribution in [0.4, 0.5) is 5.69 Å². The van der Waals surface area contributed by atoms with Crippen LogP contribution < -0.4 is 4.90 Å². The van der Waals surface area contributed by atoms with Crippen LogP contribution in [0.5, 0.6) is 0 Å². The molecule has 1 aromatic carbocycles. The van der Waals surface area contributed by atoms with Crippen LogP contribution in [0.25, 0.3) is 0 Å². The summed E-state index contributed by atoms with van der Waals surface area (Å²) in [6, 6.07) is 8.11. The van der Waals surface area contributed by atoms with E-state index in [0.717, 1.165) is 25.1 Å². The number of benzene rings is 1. The summed E-state index contributed by atoms with van der Waals surface area (Å²) in [7, 11) is 6.29. The van der Waals surface area contributed by atoms with Gasteiger partial charge in [-0.25, -0.2) is 0 Å². The first-order chi connectivity index (χ1) is 8.00. The molecule has 0 heterocycles. The minimum atomic E-state index is -0.386. The third kappa shape index (κ3) is 4.75. The monoisotopic (exact) mass is 236 g/mol. The molecule has 1 rings (SSSR count). The smallest absolute Gasteiger partial charge is 0.0761 e. The average molecular weight is 236 g/mol. The maximum absolute atomic E-state index is 9.44. The normalized spacial score (nSPS) is 12.8. The SMILES string of the molecule is C[C@@H](O)c1ccc(N(C)CCCN(C)C)cc1. The molecule has 0 radical (unpaired) electrons. The lowest BCUT2D eigenvalue weighted by Crippen LogP contribution is -2.23. The van der Waals surface area contributed by atoms with E-state index in [1.165, 1.54) is 5.69 Å². The van der Waals surface area contributed by atoms with Crippen LogP contribution in [0.1, 0.15) is 25.0 Å². The van der Waals surface area contributed by atoms with E-state index in [4.69, 9.17) is 0 Å². The fraction of sp³-hybridized carbons (Fsp3) is 0.571. The summed E-state index contributed by atoms with van der Waals surface area (Å²) >= 11 is 0. The van der Waals surface area contributed by atoms with Crippen LogP contribution in [0.2, 0.25) is 0 Å². The highest BCUT2D eigenvalue weighted by atomic mass is 16.3. The van der Waals surface area contributed by atoms with Gasteiger partial charge in [0.05, 0.1) is 6.10 Å². The van der Waals surface area contributed by atoms with Crippen molar-refractivity contribution in [3.05, 3.63) is 29.8 Å². The fourth-order valence-electron chi connectivity index (χ4n) is 1.76. The van der Waals surface area contributed by atoms with Crippen molar-refractivity contribution in [2.24, 2.45) is 0 Å². The minimum absolute atomic E-state index is 0.386. The summed E-state index contributed by atoms with van der Waals surface area (Å²) in [5.41, 5.74) is 2.17. The van der Waals surface area contributed by atoms with Crippen LogP contribution in [0.15, 0.2) is 24.3 Å². The first kappa shape index (κ1) is 14.0. The molecule has 0 aliphatic rings. The fourth-order valence-corrected chi connectivity index (χ4v) is 1.76. The highest BCUT2D eigenvalue weighted by Crippen LogP contribution is 2.18. The second kappa shape index (κ2) is 6.62. The van der Waals surface area contributed by atoms with Crippen molar-refractivity contribution in [1.29, 1.82) is 0 Å². The molecule has 1 N–H and O–H groups in total. The Morgan fingerprint density at radius 1 is 1.06 bits per heavy atom. The molecule has 17 heavy (non-hydrogen) atoms. The zero-order valence-electron chi connectivity index (χ0n) is 11.3. The van der Waals surface area contributed by atoms with Gasteiger partial charge in [0, 0.05) is 19.3 Å². The molecule has 3 heteroatoms. The van der Waals surface area contributed by atoms with Crippen molar-refractivity contribution < 1.29 is 5.11 Å². The van der Waals surface area contributed by atoms with Crippen LogP contribution in [-0.4, -0.2) is 44.2 Å². The predicted molar refractivity (Wildman–Crippen MR) is 73.5 cm³/mol. The summed E-state index contributed by atoms with van der Waals surface area (Å²) in [4.78, 5) is 4.44. The Balaban J connectivity index is 2.48. The zero-order chi connectivity index (χ0) is 12.8. The number of nitrogens with zero attached hydrogens (tertiary/aromatic N) is 2. The number of aliphatic hydroxyl groups is 1. The van der Waals surface area contributed by atoms with E-state index in [2.05, 4.69) is 43.1 Å². The van der Waals surface area contributed by atoms with E-state index in [1.807, 2.05) is 12.1 Å². The number of hydrogen-bond donors (Lipinski definition) is 1. The quantitative estimate of drug-likeness (QED) is 0.819. The lowest BCUT2D eigenvalue weighted by atomic mass is 10.1. The summed E-state index contributed by atoms with van der Waals surface area (Å²) in [6.45, 7) is 3.94. The van der Waals surface area contributed by atoms with Crippen molar-refractivity contribution >= 4 is 5.69 Å². The first-order valence-corrected chi connectivity index (χ1v) is 6.14. The number of anilines is 1. The van der Waals surface area contributed by atoms with Gasteiger partial charge in [-0.05, 0) is 51.7 Å². The van der Waals surface area contributed by atoms with E-state index in [0.29, 0.717) is 0 Å².